The Hall–Kier alpha value is -2.09. The smallest absolute Gasteiger partial charge is 0.246 e. The fourth-order valence-corrected chi connectivity index (χ4v) is 3.26. The third-order valence-corrected chi connectivity index (χ3v) is 5.93. The van der Waals surface area contributed by atoms with Crippen molar-refractivity contribution in [1.29, 1.82) is 0 Å². The summed E-state index contributed by atoms with van der Waals surface area (Å²) >= 11 is 5.85. The first-order valence-corrected chi connectivity index (χ1v) is 9.79. The highest BCUT2D eigenvalue weighted by Crippen LogP contribution is 2.22. The normalized spacial score (nSPS) is 12.7. The lowest BCUT2D eigenvalue weighted by molar-refractivity contribution is -0.116. The maximum Gasteiger partial charge on any atom is 0.246 e. The Morgan fingerprint density at radius 3 is 2.31 bits per heavy atom. The molecule has 0 aromatic heterocycles. The zero-order valence-corrected chi connectivity index (χ0v) is 16.6. The molecular formula is C18H22ClN3O3S. The number of carbonyl (C=O) groups is 1. The van der Waals surface area contributed by atoms with Gasteiger partial charge >= 0.3 is 0 Å². The first-order valence-electron chi connectivity index (χ1n) is 7.97. The number of nitrogens with one attached hydrogen (secondary N) is 2. The van der Waals surface area contributed by atoms with Gasteiger partial charge in [0.2, 0.25) is 15.9 Å². The predicted octanol–water partition coefficient (Wildman–Crippen LogP) is 3.34. The van der Waals surface area contributed by atoms with Crippen LogP contribution in [-0.4, -0.2) is 38.8 Å². The number of anilines is 2. The van der Waals surface area contributed by atoms with E-state index in [4.69, 9.17) is 11.6 Å². The van der Waals surface area contributed by atoms with E-state index < -0.39 is 16.1 Å². The number of sulfonamides is 1. The summed E-state index contributed by atoms with van der Waals surface area (Å²) in [6, 6.07) is 11.2. The molecule has 140 valence electrons. The molecule has 1 atom stereocenters. The molecule has 0 radical (unpaired) electrons. The third kappa shape index (κ3) is 4.75. The molecule has 0 unspecified atom stereocenters. The van der Waals surface area contributed by atoms with Crippen LogP contribution in [-0.2, 0) is 14.8 Å². The van der Waals surface area contributed by atoms with Gasteiger partial charge in [-0.1, -0.05) is 17.7 Å². The van der Waals surface area contributed by atoms with Crippen molar-refractivity contribution in [2.24, 2.45) is 0 Å². The fraction of sp³-hybridized carbons (Fsp3) is 0.278. The standard InChI is InChI=1S/C18H22ClN3O3S/c1-12-5-10-16(26(24,25)22(3)4)11-17(12)21-18(23)13(2)20-15-8-6-14(19)7-9-15/h5-11,13,20H,1-4H3,(H,21,23)/t13-/m1/s1. The molecule has 2 aromatic rings. The molecule has 2 rings (SSSR count). The lowest BCUT2D eigenvalue weighted by Gasteiger charge is -2.18. The van der Waals surface area contributed by atoms with Gasteiger partial charge in [0.15, 0.2) is 0 Å². The molecule has 0 aliphatic heterocycles. The van der Waals surface area contributed by atoms with E-state index in [1.54, 1.807) is 44.2 Å². The van der Waals surface area contributed by atoms with E-state index in [2.05, 4.69) is 10.6 Å². The topological polar surface area (TPSA) is 78.5 Å². The van der Waals surface area contributed by atoms with Gasteiger partial charge in [0, 0.05) is 30.5 Å². The molecule has 6 nitrogen and oxygen atoms in total. The number of rotatable bonds is 6. The fourth-order valence-electron chi connectivity index (χ4n) is 2.21. The number of hydrogen-bond acceptors (Lipinski definition) is 4. The molecule has 2 N–H and O–H groups in total. The molecule has 0 heterocycles. The largest absolute Gasteiger partial charge is 0.374 e. The lowest BCUT2D eigenvalue weighted by Crippen LogP contribution is -2.32. The van der Waals surface area contributed by atoms with Crippen LogP contribution in [0.2, 0.25) is 5.02 Å². The highest BCUT2D eigenvalue weighted by molar-refractivity contribution is 7.89. The number of nitrogens with zero attached hydrogens (tertiary/aromatic N) is 1. The van der Waals surface area contributed by atoms with Gasteiger partial charge in [0.05, 0.1) is 4.90 Å². The van der Waals surface area contributed by atoms with Crippen LogP contribution in [0, 0.1) is 6.92 Å². The predicted molar refractivity (Wildman–Crippen MR) is 105 cm³/mol. The van der Waals surface area contributed by atoms with E-state index in [0.717, 1.165) is 15.6 Å². The SMILES string of the molecule is Cc1ccc(S(=O)(=O)N(C)C)cc1NC(=O)[C@@H](C)Nc1ccc(Cl)cc1. The Balaban J connectivity index is 2.16. The summed E-state index contributed by atoms with van der Waals surface area (Å²) in [6.07, 6.45) is 0. The molecular weight excluding hydrogens is 374 g/mol. The summed E-state index contributed by atoms with van der Waals surface area (Å²) in [7, 11) is -0.643. The second kappa shape index (κ2) is 8.07. The Morgan fingerprint density at radius 2 is 1.73 bits per heavy atom. The third-order valence-electron chi connectivity index (χ3n) is 3.87. The van der Waals surface area contributed by atoms with E-state index in [0.29, 0.717) is 10.7 Å². The number of carbonyl (C=O) groups excluding carboxylic acids is 1. The van der Waals surface area contributed by atoms with Crippen molar-refractivity contribution in [3.63, 3.8) is 0 Å². The zero-order chi connectivity index (χ0) is 19.5. The minimum Gasteiger partial charge on any atom is -0.374 e. The van der Waals surface area contributed by atoms with Crippen LogP contribution in [0.4, 0.5) is 11.4 Å². The Morgan fingerprint density at radius 1 is 1.12 bits per heavy atom. The second-order valence-corrected chi connectivity index (χ2v) is 8.71. The van der Waals surface area contributed by atoms with E-state index >= 15 is 0 Å². The molecule has 0 aliphatic carbocycles. The van der Waals surface area contributed by atoms with Crippen LogP contribution in [0.1, 0.15) is 12.5 Å². The van der Waals surface area contributed by atoms with Gasteiger partial charge in [-0.05, 0) is 55.8 Å². The number of benzene rings is 2. The van der Waals surface area contributed by atoms with Gasteiger partial charge in [-0.3, -0.25) is 4.79 Å². The number of amides is 1. The molecule has 2 aromatic carbocycles. The van der Waals surface area contributed by atoms with Crippen LogP contribution >= 0.6 is 11.6 Å². The summed E-state index contributed by atoms with van der Waals surface area (Å²) < 4.78 is 25.7. The van der Waals surface area contributed by atoms with Gasteiger partial charge in [0.1, 0.15) is 6.04 Å². The van der Waals surface area contributed by atoms with Crippen LogP contribution in [0.25, 0.3) is 0 Å². The maximum absolute atomic E-state index is 12.5. The van der Waals surface area contributed by atoms with Crippen molar-refractivity contribution < 1.29 is 13.2 Å². The molecule has 0 saturated carbocycles. The van der Waals surface area contributed by atoms with Crippen molar-refractivity contribution in [2.75, 3.05) is 24.7 Å². The molecule has 26 heavy (non-hydrogen) atoms. The van der Waals surface area contributed by atoms with Crippen molar-refractivity contribution in [3.8, 4) is 0 Å². The Bertz CT molecular complexity index is 896. The van der Waals surface area contributed by atoms with Crippen LogP contribution in [0.3, 0.4) is 0 Å². The summed E-state index contributed by atoms with van der Waals surface area (Å²) in [4.78, 5) is 12.6. The zero-order valence-electron chi connectivity index (χ0n) is 15.1. The van der Waals surface area contributed by atoms with Gasteiger partial charge in [-0.2, -0.15) is 0 Å². The van der Waals surface area contributed by atoms with Gasteiger partial charge in [-0.15, -0.1) is 0 Å². The lowest BCUT2D eigenvalue weighted by atomic mass is 10.2. The molecule has 8 heteroatoms. The average molecular weight is 396 g/mol. The van der Waals surface area contributed by atoms with E-state index in [1.165, 1.54) is 26.2 Å². The second-order valence-electron chi connectivity index (χ2n) is 6.13. The van der Waals surface area contributed by atoms with Crippen molar-refractivity contribution >= 4 is 38.9 Å². The van der Waals surface area contributed by atoms with Crippen LogP contribution in [0.5, 0.6) is 0 Å². The van der Waals surface area contributed by atoms with Crippen molar-refractivity contribution in [2.45, 2.75) is 24.8 Å². The summed E-state index contributed by atoms with van der Waals surface area (Å²) in [6.45, 7) is 3.53. The van der Waals surface area contributed by atoms with Gasteiger partial charge in [0.25, 0.3) is 0 Å². The molecule has 0 spiro atoms. The molecule has 0 aliphatic rings. The van der Waals surface area contributed by atoms with Gasteiger partial charge < -0.3 is 10.6 Å². The quantitative estimate of drug-likeness (QED) is 0.786. The first-order chi connectivity index (χ1) is 12.1. The minimum atomic E-state index is -3.57. The monoisotopic (exact) mass is 395 g/mol. The van der Waals surface area contributed by atoms with Gasteiger partial charge in [-0.25, -0.2) is 12.7 Å². The average Bonchev–Trinajstić information content (AvgIpc) is 2.58. The molecule has 0 fully saturated rings. The van der Waals surface area contributed by atoms with Crippen molar-refractivity contribution in [3.05, 3.63) is 53.1 Å². The number of hydrogen-bond donors (Lipinski definition) is 2. The number of halogens is 1. The van der Waals surface area contributed by atoms with E-state index in [-0.39, 0.29) is 10.8 Å². The summed E-state index contributed by atoms with van der Waals surface area (Å²) in [5.74, 6) is -0.276. The maximum atomic E-state index is 12.5. The summed E-state index contributed by atoms with van der Waals surface area (Å²) in [5.41, 5.74) is 2.00. The van der Waals surface area contributed by atoms with Crippen LogP contribution in [0.15, 0.2) is 47.4 Å². The van der Waals surface area contributed by atoms with E-state index in [1.807, 2.05) is 0 Å². The Labute approximate surface area is 159 Å². The molecule has 0 bridgehead atoms. The minimum absolute atomic E-state index is 0.127. The van der Waals surface area contributed by atoms with E-state index in [9.17, 15) is 13.2 Å². The number of aryl methyl sites for hydroxylation is 1. The highest BCUT2D eigenvalue weighted by atomic mass is 35.5. The molecule has 1 amide bonds. The van der Waals surface area contributed by atoms with Crippen LogP contribution < -0.4 is 10.6 Å². The molecule has 0 saturated heterocycles. The highest BCUT2D eigenvalue weighted by Gasteiger charge is 2.20. The Kier molecular flexibility index (Phi) is 6.28. The first kappa shape index (κ1) is 20.2. The van der Waals surface area contributed by atoms with Crippen molar-refractivity contribution in [1.82, 2.24) is 4.31 Å². The summed E-state index contributed by atoms with van der Waals surface area (Å²) in [5, 5.41) is 6.47.